The highest BCUT2D eigenvalue weighted by Gasteiger charge is 2.46. The Morgan fingerprint density at radius 1 is 1.09 bits per heavy atom. The second-order valence-electron chi connectivity index (χ2n) is 5.90. The lowest BCUT2D eigenvalue weighted by Crippen LogP contribution is -2.54. The number of hydrogen-bond donors (Lipinski definition) is 0. The van der Waals surface area contributed by atoms with Crippen LogP contribution in [0.25, 0.3) is 0 Å². The van der Waals surface area contributed by atoms with Crippen molar-refractivity contribution in [3.8, 4) is 0 Å². The molecule has 3 rings (SSSR count). The number of nitrogens with zero attached hydrogens (tertiary/aromatic N) is 2. The highest BCUT2D eigenvalue weighted by atomic mass is 19.4. The van der Waals surface area contributed by atoms with Crippen LogP contribution in [0, 0.1) is 0 Å². The number of alkyl halides is 3. The van der Waals surface area contributed by atoms with Crippen LogP contribution in [0.1, 0.15) is 18.0 Å². The Kier molecular flexibility index (Phi) is 4.59. The first-order valence-corrected chi connectivity index (χ1v) is 7.73. The third-order valence-electron chi connectivity index (χ3n) is 4.49. The summed E-state index contributed by atoms with van der Waals surface area (Å²) in [6, 6.07) is 6.09. The molecule has 2 atom stereocenters. The third kappa shape index (κ3) is 3.50. The van der Waals surface area contributed by atoms with Crippen LogP contribution >= 0.6 is 0 Å². The van der Waals surface area contributed by atoms with E-state index in [-0.39, 0.29) is 30.7 Å². The number of carbonyl (C=O) groups is 1. The van der Waals surface area contributed by atoms with Gasteiger partial charge in [0, 0.05) is 32.6 Å². The molecule has 2 aliphatic heterocycles. The van der Waals surface area contributed by atoms with E-state index in [4.69, 9.17) is 4.74 Å². The normalized spacial score (nSPS) is 25.3. The van der Waals surface area contributed by atoms with E-state index in [1.54, 1.807) is 18.2 Å². The Morgan fingerprint density at radius 3 is 2.26 bits per heavy atom. The summed E-state index contributed by atoms with van der Waals surface area (Å²) in [5.41, 5.74) is 0.258. The van der Waals surface area contributed by atoms with Gasteiger partial charge in [0.1, 0.15) is 12.1 Å². The summed E-state index contributed by atoms with van der Waals surface area (Å²) < 4.78 is 45.5. The number of halogens is 3. The molecular formula is C16H19F3N2O2. The van der Waals surface area contributed by atoms with Crippen LogP contribution in [0.15, 0.2) is 30.3 Å². The number of cyclic esters (lactones) is 1. The Hall–Kier alpha value is -1.60. The van der Waals surface area contributed by atoms with Gasteiger partial charge in [-0.2, -0.15) is 13.2 Å². The maximum atomic E-state index is 13.5. The molecule has 2 saturated heterocycles. The van der Waals surface area contributed by atoms with Crippen molar-refractivity contribution in [1.82, 2.24) is 9.80 Å². The molecule has 7 heteroatoms. The molecule has 23 heavy (non-hydrogen) atoms. The molecule has 2 fully saturated rings. The van der Waals surface area contributed by atoms with Gasteiger partial charge in [0.15, 0.2) is 0 Å². The molecule has 1 aromatic carbocycles. The van der Waals surface area contributed by atoms with Gasteiger partial charge in [0.05, 0.1) is 6.61 Å². The zero-order valence-corrected chi connectivity index (χ0v) is 12.6. The van der Waals surface area contributed by atoms with E-state index < -0.39 is 12.2 Å². The van der Waals surface area contributed by atoms with E-state index in [1.165, 1.54) is 17.0 Å². The van der Waals surface area contributed by atoms with E-state index in [1.807, 2.05) is 4.90 Å². The highest BCUT2D eigenvalue weighted by Crippen LogP contribution is 2.38. The fraction of sp³-hybridized carbons (Fsp3) is 0.562. The molecule has 0 aliphatic carbocycles. The van der Waals surface area contributed by atoms with Crippen molar-refractivity contribution in [2.75, 3.05) is 32.8 Å². The predicted octanol–water partition coefficient (Wildman–Crippen LogP) is 2.22. The molecule has 0 saturated carbocycles. The number of benzene rings is 1. The Labute approximate surface area is 132 Å². The van der Waals surface area contributed by atoms with Crippen LogP contribution in [0.2, 0.25) is 0 Å². The van der Waals surface area contributed by atoms with E-state index in [0.29, 0.717) is 26.1 Å². The van der Waals surface area contributed by atoms with Crippen molar-refractivity contribution >= 4 is 5.97 Å². The number of rotatable bonds is 3. The quantitative estimate of drug-likeness (QED) is 0.797. The number of ether oxygens (including phenoxy) is 1. The lowest BCUT2D eigenvalue weighted by atomic mass is 10.0. The minimum absolute atomic E-state index is 0.256. The summed E-state index contributed by atoms with van der Waals surface area (Å²) in [7, 11) is 0. The second kappa shape index (κ2) is 6.49. The zero-order chi connectivity index (χ0) is 16.4. The first-order valence-electron chi connectivity index (χ1n) is 7.73. The molecule has 126 valence electrons. The molecule has 2 aliphatic rings. The van der Waals surface area contributed by atoms with E-state index >= 15 is 0 Å². The standard InChI is InChI=1S/C16H19F3N2O2/c17-16(18,19)14(12-4-2-1-3-5-12)21-9-7-20(8-10-21)13-6-11-23-15(13)22/h1-5,13-14H,6-11H2/t13-,14+/m1/s1. The van der Waals surface area contributed by atoms with Crippen molar-refractivity contribution in [1.29, 1.82) is 0 Å². The number of hydrogen-bond acceptors (Lipinski definition) is 4. The molecule has 0 amide bonds. The summed E-state index contributed by atoms with van der Waals surface area (Å²) in [5, 5.41) is 0. The van der Waals surface area contributed by atoms with Crippen LogP contribution in [0.4, 0.5) is 13.2 Å². The SMILES string of the molecule is O=C1OCC[C@H]1N1CCN([C@@H](c2ccccc2)C(F)(F)F)CC1. The van der Waals surface area contributed by atoms with Crippen molar-refractivity contribution in [3.05, 3.63) is 35.9 Å². The monoisotopic (exact) mass is 328 g/mol. The Bertz CT molecular complexity index is 542. The maximum absolute atomic E-state index is 13.5. The molecule has 0 unspecified atom stereocenters. The molecule has 0 aromatic heterocycles. The number of piperazine rings is 1. The molecule has 2 heterocycles. The Balaban J connectivity index is 1.70. The molecule has 4 nitrogen and oxygen atoms in total. The summed E-state index contributed by atoms with van der Waals surface area (Å²) >= 11 is 0. The third-order valence-corrected chi connectivity index (χ3v) is 4.49. The fourth-order valence-electron chi connectivity index (χ4n) is 3.37. The van der Waals surface area contributed by atoms with Gasteiger partial charge in [-0.1, -0.05) is 30.3 Å². The van der Waals surface area contributed by atoms with Crippen molar-refractivity contribution < 1.29 is 22.7 Å². The molecule has 0 N–H and O–H groups in total. The summed E-state index contributed by atoms with van der Waals surface area (Å²) in [6.07, 6.45) is -3.70. The van der Waals surface area contributed by atoms with Gasteiger partial charge >= 0.3 is 12.1 Å². The van der Waals surface area contributed by atoms with Gasteiger partial charge in [-0.3, -0.25) is 14.6 Å². The Morgan fingerprint density at radius 2 is 1.74 bits per heavy atom. The van der Waals surface area contributed by atoms with Crippen molar-refractivity contribution in [2.45, 2.75) is 24.7 Å². The van der Waals surface area contributed by atoms with Gasteiger partial charge in [-0.15, -0.1) is 0 Å². The van der Waals surface area contributed by atoms with Crippen molar-refractivity contribution in [2.24, 2.45) is 0 Å². The van der Waals surface area contributed by atoms with Gasteiger partial charge in [-0.05, 0) is 5.56 Å². The van der Waals surface area contributed by atoms with Gasteiger partial charge in [0.2, 0.25) is 0 Å². The van der Waals surface area contributed by atoms with Crippen LogP contribution in [-0.4, -0.2) is 60.8 Å². The van der Waals surface area contributed by atoms with Gasteiger partial charge in [0.25, 0.3) is 0 Å². The molecule has 1 aromatic rings. The molecule has 0 spiro atoms. The van der Waals surface area contributed by atoms with Crippen LogP contribution in [0.5, 0.6) is 0 Å². The average molecular weight is 328 g/mol. The van der Waals surface area contributed by atoms with Crippen LogP contribution in [0.3, 0.4) is 0 Å². The van der Waals surface area contributed by atoms with E-state index in [0.717, 1.165) is 0 Å². The molecule has 0 bridgehead atoms. The highest BCUT2D eigenvalue weighted by molar-refractivity contribution is 5.77. The summed E-state index contributed by atoms with van der Waals surface area (Å²) in [4.78, 5) is 15.0. The van der Waals surface area contributed by atoms with E-state index in [2.05, 4.69) is 0 Å². The first kappa shape index (κ1) is 16.3. The lowest BCUT2D eigenvalue weighted by molar-refractivity contribution is -0.191. The topological polar surface area (TPSA) is 32.8 Å². The number of carbonyl (C=O) groups excluding carboxylic acids is 1. The minimum Gasteiger partial charge on any atom is -0.464 e. The largest absolute Gasteiger partial charge is 0.464 e. The minimum atomic E-state index is -4.32. The second-order valence-corrected chi connectivity index (χ2v) is 5.90. The average Bonchev–Trinajstić information content (AvgIpc) is 2.94. The predicted molar refractivity (Wildman–Crippen MR) is 77.7 cm³/mol. The van der Waals surface area contributed by atoms with Crippen molar-refractivity contribution in [3.63, 3.8) is 0 Å². The van der Waals surface area contributed by atoms with Gasteiger partial charge < -0.3 is 4.74 Å². The lowest BCUT2D eigenvalue weighted by Gasteiger charge is -2.41. The molecule has 0 radical (unpaired) electrons. The van der Waals surface area contributed by atoms with Crippen LogP contribution < -0.4 is 0 Å². The van der Waals surface area contributed by atoms with Crippen LogP contribution in [-0.2, 0) is 9.53 Å². The summed E-state index contributed by atoms with van der Waals surface area (Å²) in [6.45, 7) is 1.85. The smallest absolute Gasteiger partial charge is 0.408 e. The van der Waals surface area contributed by atoms with Gasteiger partial charge in [-0.25, -0.2) is 0 Å². The summed E-state index contributed by atoms with van der Waals surface area (Å²) in [5.74, 6) is -0.256. The maximum Gasteiger partial charge on any atom is 0.408 e. The zero-order valence-electron chi connectivity index (χ0n) is 12.6. The first-order chi connectivity index (χ1) is 11.0. The van der Waals surface area contributed by atoms with E-state index in [9.17, 15) is 18.0 Å². The number of esters is 1. The molecular weight excluding hydrogens is 309 g/mol. The fourth-order valence-corrected chi connectivity index (χ4v) is 3.37.